The number of aromatic nitrogens is 2. The zero-order chi connectivity index (χ0) is 21.2. The minimum absolute atomic E-state index is 0.162. The van der Waals surface area contributed by atoms with Crippen LogP contribution in [0.25, 0.3) is 11.0 Å². The molecule has 164 valence electrons. The van der Waals surface area contributed by atoms with Gasteiger partial charge < -0.3 is 4.90 Å². The topological polar surface area (TPSA) is 33.4 Å². The molecule has 0 unspecified atom stereocenters. The van der Waals surface area contributed by atoms with Gasteiger partial charge >= 0.3 is 5.69 Å². The van der Waals surface area contributed by atoms with E-state index in [0.29, 0.717) is 6.04 Å². The summed E-state index contributed by atoms with van der Waals surface area (Å²) in [6.45, 7) is 9.67. The van der Waals surface area contributed by atoms with Crippen molar-refractivity contribution in [3.8, 4) is 0 Å². The second-order valence-electron chi connectivity index (χ2n) is 9.29. The molecule has 0 aliphatic carbocycles. The van der Waals surface area contributed by atoms with Gasteiger partial charge in [-0.2, -0.15) is 0 Å². The van der Waals surface area contributed by atoms with Crippen molar-refractivity contribution in [2.45, 2.75) is 45.3 Å². The number of fused-ring (bicyclic) bond motifs is 1. The lowest BCUT2D eigenvalue weighted by molar-refractivity contribution is 0.161. The summed E-state index contributed by atoms with van der Waals surface area (Å²) in [5.41, 5.74) is 3.75. The highest BCUT2D eigenvalue weighted by atomic mass is 16.1. The molecule has 0 bridgehead atoms. The van der Waals surface area contributed by atoms with Gasteiger partial charge in [0, 0.05) is 45.3 Å². The Morgan fingerprint density at radius 1 is 0.839 bits per heavy atom. The van der Waals surface area contributed by atoms with E-state index in [1.54, 1.807) is 0 Å². The monoisotopic (exact) mass is 418 g/mol. The van der Waals surface area contributed by atoms with E-state index in [2.05, 4.69) is 69.8 Å². The number of para-hydroxylation sites is 2. The third-order valence-electron chi connectivity index (χ3n) is 7.24. The standard InChI is InChI=1S/C26H34N4O/c1-2-29-24-10-6-7-11-25(24)30(26(29)31)23-13-16-27(17-14-23)19-22-12-15-28(20-22)18-21-8-4-3-5-9-21/h3-11,22-23H,2,12-20H2,1H3/t22-/m0/s1. The van der Waals surface area contributed by atoms with E-state index >= 15 is 0 Å². The van der Waals surface area contributed by atoms with Crippen LogP contribution in [0.5, 0.6) is 0 Å². The molecule has 0 saturated carbocycles. The first-order chi connectivity index (χ1) is 15.2. The molecule has 0 spiro atoms. The number of hydrogen-bond acceptors (Lipinski definition) is 3. The molecule has 5 heteroatoms. The summed E-state index contributed by atoms with van der Waals surface area (Å²) in [6.07, 6.45) is 3.44. The lowest BCUT2D eigenvalue weighted by Crippen LogP contribution is -2.40. The molecule has 1 atom stereocenters. The Bertz CT molecular complexity index is 1060. The smallest absolute Gasteiger partial charge is 0.303 e. The molecule has 5 rings (SSSR count). The van der Waals surface area contributed by atoms with Gasteiger partial charge in [0.15, 0.2) is 0 Å². The summed E-state index contributed by atoms with van der Waals surface area (Å²) in [5, 5.41) is 0. The van der Waals surface area contributed by atoms with Crippen molar-refractivity contribution in [2.24, 2.45) is 5.92 Å². The van der Waals surface area contributed by atoms with E-state index in [9.17, 15) is 4.79 Å². The quantitative estimate of drug-likeness (QED) is 0.607. The van der Waals surface area contributed by atoms with Gasteiger partial charge in [-0.25, -0.2) is 4.79 Å². The molecule has 1 aromatic heterocycles. The maximum Gasteiger partial charge on any atom is 0.329 e. The van der Waals surface area contributed by atoms with Crippen LogP contribution in [0.1, 0.15) is 37.8 Å². The largest absolute Gasteiger partial charge is 0.329 e. The number of rotatable bonds is 6. The first-order valence-electron chi connectivity index (χ1n) is 11.9. The Morgan fingerprint density at radius 2 is 1.52 bits per heavy atom. The predicted octanol–water partition coefficient (Wildman–Crippen LogP) is 3.98. The van der Waals surface area contributed by atoms with Crippen molar-refractivity contribution in [2.75, 3.05) is 32.7 Å². The van der Waals surface area contributed by atoms with Gasteiger partial charge in [-0.15, -0.1) is 0 Å². The minimum Gasteiger partial charge on any atom is -0.303 e. The average Bonchev–Trinajstić information content (AvgIpc) is 3.35. The van der Waals surface area contributed by atoms with Crippen LogP contribution in [0, 0.1) is 5.92 Å². The zero-order valence-corrected chi connectivity index (χ0v) is 18.6. The van der Waals surface area contributed by atoms with Gasteiger partial charge in [0.2, 0.25) is 0 Å². The number of nitrogens with zero attached hydrogens (tertiary/aromatic N) is 4. The van der Waals surface area contributed by atoms with Gasteiger partial charge in [0.25, 0.3) is 0 Å². The minimum atomic E-state index is 0.162. The van der Waals surface area contributed by atoms with Crippen LogP contribution >= 0.6 is 0 Å². The Balaban J connectivity index is 1.18. The predicted molar refractivity (Wildman–Crippen MR) is 126 cm³/mol. The van der Waals surface area contributed by atoms with Crippen molar-refractivity contribution in [3.63, 3.8) is 0 Å². The molecule has 2 aliphatic heterocycles. The molecule has 2 aromatic carbocycles. The third-order valence-corrected chi connectivity index (χ3v) is 7.24. The van der Waals surface area contributed by atoms with E-state index in [0.717, 1.165) is 56.0 Å². The van der Waals surface area contributed by atoms with E-state index in [4.69, 9.17) is 0 Å². The Labute approximate surface area is 184 Å². The number of likely N-dealkylation sites (tertiary alicyclic amines) is 2. The summed E-state index contributed by atoms with van der Waals surface area (Å²) in [4.78, 5) is 18.3. The molecule has 3 aromatic rings. The molecule has 2 aliphatic rings. The van der Waals surface area contributed by atoms with E-state index in [1.165, 1.54) is 31.6 Å². The normalized spacial score (nSPS) is 21.3. The molecule has 5 nitrogen and oxygen atoms in total. The second-order valence-corrected chi connectivity index (χ2v) is 9.29. The fourth-order valence-electron chi connectivity index (χ4n) is 5.66. The number of benzene rings is 2. The van der Waals surface area contributed by atoms with E-state index < -0.39 is 0 Å². The van der Waals surface area contributed by atoms with Crippen LogP contribution in [0.15, 0.2) is 59.4 Å². The highest BCUT2D eigenvalue weighted by Crippen LogP contribution is 2.27. The Morgan fingerprint density at radius 3 is 2.26 bits per heavy atom. The maximum atomic E-state index is 13.1. The van der Waals surface area contributed by atoms with Gasteiger partial charge in [-0.1, -0.05) is 42.5 Å². The zero-order valence-electron chi connectivity index (χ0n) is 18.6. The van der Waals surface area contributed by atoms with Crippen LogP contribution in [-0.2, 0) is 13.1 Å². The number of hydrogen-bond donors (Lipinski definition) is 0. The SMILES string of the molecule is CCn1c(=O)n(C2CCN(C[C@@H]3CCN(Cc4ccccc4)C3)CC2)c2ccccc21. The summed E-state index contributed by atoms with van der Waals surface area (Å²) in [5.74, 6) is 0.769. The third kappa shape index (κ3) is 4.21. The van der Waals surface area contributed by atoms with Crippen LogP contribution in [-0.4, -0.2) is 51.7 Å². The van der Waals surface area contributed by atoms with Crippen LogP contribution in [0.2, 0.25) is 0 Å². The lowest BCUT2D eigenvalue weighted by atomic mass is 10.0. The van der Waals surface area contributed by atoms with Gasteiger partial charge in [-0.05, 0) is 56.3 Å². The molecule has 0 radical (unpaired) electrons. The molecule has 31 heavy (non-hydrogen) atoms. The molecule has 2 saturated heterocycles. The first-order valence-corrected chi connectivity index (χ1v) is 11.9. The summed E-state index contributed by atoms with van der Waals surface area (Å²) >= 11 is 0. The molecular formula is C26H34N4O. The summed E-state index contributed by atoms with van der Waals surface area (Å²) in [6, 6.07) is 19.4. The average molecular weight is 419 g/mol. The first kappa shape index (κ1) is 20.5. The fourth-order valence-corrected chi connectivity index (χ4v) is 5.66. The van der Waals surface area contributed by atoms with Crippen LogP contribution in [0.3, 0.4) is 0 Å². The van der Waals surface area contributed by atoms with Crippen molar-refractivity contribution in [1.29, 1.82) is 0 Å². The van der Waals surface area contributed by atoms with Gasteiger partial charge in [-0.3, -0.25) is 14.0 Å². The molecule has 3 heterocycles. The molecule has 0 N–H and O–H groups in total. The Hall–Kier alpha value is -2.37. The number of piperidine rings is 1. The summed E-state index contributed by atoms with van der Waals surface area (Å²) < 4.78 is 3.99. The maximum absolute atomic E-state index is 13.1. The van der Waals surface area contributed by atoms with Crippen molar-refractivity contribution in [1.82, 2.24) is 18.9 Å². The van der Waals surface area contributed by atoms with Crippen molar-refractivity contribution >= 4 is 11.0 Å². The lowest BCUT2D eigenvalue weighted by Gasteiger charge is -2.34. The highest BCUT2D eigenvalue weighted by Gasteiger charge is 2.28. The van der Waals surface area contributed by atoms with E-state index in [1.807, 2.05) is 10.6 Å². The molecule has 0 amide bonds. The van der Waals surface area contributed by atoms with E-state index in [-0.39, 0.29) is 5.69 Å². The second kappa shape index (κ2) is 9.01. The van der Waals surface area contributed by atoms with Gasteiger partial charge in [0.05, 0.1) is 11.0 Å². The van der Waals surface area contributed by atoms with Gasteiger partial charge in [0.1, 0.15) is 0 Å². The van der Waals surface area contributed by atoms with Crippen LogP contribution < -0.4 is 5.69 Å². The van der Waals surface area contributed by atoms with Crippen molar-refractivity contribution < 1.29 is 0 Å². The molecular weight excluding hydrogens is 384 g/mol. The molecule has 2 fully saturated rings. The fraction of sp³-hybridized carbons (Fsp3) is 0.500. The Kier molecular flexibility index (Phi) is 5.97. The number of imidazole rings is 1. The number of aryl methyl sites for hydroxylation is 1. The highest BCUT2D eigenvalue weighted by molar-refractivity contribution is 5.76. The summed E-state index contributed by atoms with van der Waals surface area (Å²) in [7, 11) is 0. The van der Waals surface area contributed by atoms with Crippen molar-refractivity contribution in [3.05, 3.63) is 70.6 Å². The van der Waals surface area contributed by atoms with Crippen LogP contribution in [0.4, 0.5) is 0 Å².